The highest BCUT2D eigenvalue weighted by molar-refractivity contribution is 14.0. The van der Waals surface area contributed by atoms with Crippen LogP contribution >= 0.6 is 24.0 Å². The van der Waals surface area contributed by atoms with E-state index in [2.05, 4.69) is 15.0 Å². The average molecular weight is 333 g/mol. The Hall–Kier alpha value is -0.920. The maximum Gasteiger partial charge on any atom is 0.185 e. The molecule has 6 heteroatoms. The summed E-state index contributed by atoms with van der Waals surface area (Å²) >= 11 is 0. The molecule has 2 rings (SSSR count). The Kier molecular flexibility index (Phi) is 4.91. The molecule has 0 aromatic carbocycles. The predicted octanol–water partition coefficient (Wildman–Crippen LogP) is 0.788. The summed E-state index contributed by atoms with van der Waals surface area (Å²) in [6.07, 6.45) is 6.97. The molecule has 1 fully saturated rings. The SMILES string of the molecule is I.NC(N)=NCCc1cnc(C2CC2)nc1. The van der Waals surface area contributed by atoms with Crippen LogP contribution in [-0.2, 0) is 6.42 Å². The first kappa shape index (κ1) is 13.1. The van der Waals surface area contributed by atoms with Gasteiger partial charge in [-0.3, -0.25) is 4.99 Å². The van der Waals surface area contributed by atoms with E-state index in [1.807, 2.05) is 12.4 Å². The van der Waals surface area contributed by atoms with Crippen LogP contribution in [0.5, 0.6) is 0 Å². The zero-order chi connectivity index (χ0) is 10.7. The van der Waals surface area contributed by atoms with Crippen molar-refractivity contribution in [3.05, 3.63) is 23.8 Å². The van der Waals surface area contributed by atoms with Gasteiger partial charge in [0, 0.05) is 24.9 Å². The van der Waals surface area contributed by atoms with E-state index in [9.17, 15) is 0 Å². The molecule has 88 valence electrons. The lowest BCUT2D eigenvalue weighted by Gasteiger charge is -1.99. The van der Waals surface area contributed by atoms with Crippen molar-refractivity contribution in [2.24, 2.45) is 16.5 Å². The quantitative estimate of drug-likeness (QED) is 0.484. The molecule has 0 saturated heterocycles. The van der Waals surface area contributed by atoms with Crippen molar-refractivity contribution < 1.29 is 0 Å². The number of guanidine groups is 1. The monoisotopic (exact) mass is 333 g/mol. The minimum absolute atomic E-state index is 0. The van der Waals surface area contributed by atoms with Crippen LogP contribution in [0, 0.1) is 0 Å². The molecule has 0 unspecified atom stereocenters. The number of aliphatic imine (C=N–C) groups is 1. The Morgan fingerprint density at radius 1 is 1.31 bits per heavy atom. The van der Waals surface area contributed by atoms with Gasteiger partial charge in [0.2, 0.25) is 0 Å². The van der Waals surface area contributed by atoms with E-state index < -0.39 is 0 Å². The van der Waals surface area contributed by atoms with Gasteiger partial charge < -0.3 is 11.5 Å². The van der Waals surface area contributed by atoms with Gasteiger partial charge in [0.1, 0.15) is 5.82 Å². The van der Waals surface area contributed by atoms with Gasteiger partial charge in [-0.25, -0.2) is 9.97 Å². The molecule has 1 aromatic heterocycles. The van der Waals surface area contributed by atoms with Crippen molar-refractivity contribution in [2.75, 3.05) is 6.54 Å². The van der Waals surface area contributed by atoms with Crippen molar-refractivity contribution in [2.45, 2.75) is 25.2 Å². The van der Waals surface area contributed by atoms with E-state index in [4.69, 9.17) is 11.5 Å². The fourth-order valence-corrected chi connectivity index (χ4v) is 1.36. The first-order valence-corrected chi connectivity index (χ1v) is 5.12. The molecule has 1 aliphatic carbocycles. The highest BCUT2D eigenvalue weighted by Gasteiger charge is 2.25. The number of nitrogens with zero attached hydrogens (tertiary/aromatic N) is 3. The van der Waals surface area contributed by atoms with Crippen molar-refractivity contribution in [1.29, 1.82) is 0 Å². The lowest BCUT2D eigenvalue weighted by atomic mass is 10.2. The summed E-state index contributed by atoms with van der Waals surface area (Å²) in [6.45, 7) is 0.592. The molecule has 4 N–H and O–H groups in total. The second-order valence-electron chi connectivity index (χ2n) is 3.78. The van der Waals surface area contributed by atoms with E-state index in [1.165, 1.54) is 12.8 Å². The van der Waals surface area contributed by atoms with Crippen LogP contribution < -0.4 is 11.5 Å². The van der Waals surface area contributed by atoms with Gasteiger partial charge in [-0.15, -0.1) is 24.0 Å². The Labute approximate surface area is 112 Å². The van der Waals surface area contributed by atoms with E-state index in [-0.39, 0.29) is 29.9 Å². The minimum atomic E-state index is 0. The molecule has 0 bridgehead atoms. The zero-order valence-corrected chi connectivity index (χ0v) is 11.3. The topological polar surface area (TPSA) is 90.2 Å². The zero-order valence-electron chi connectivity index (χ0n) is 8.97. The maximum absolute atomic E-state index is 5.23. The number of hydrogen-bond donors (Lipinski definition) is 2. The molecule has 16 heavy (non-hydrogen) atoms. The van der Waals surface area contributed by atoms with Crippen molar-refractivity contribution >= 4 is 29.9 Å². The van der Waals surface area contributed by atoms with Gasteiger partial charge in [-0.2, -0.15) is 0 Å². The fraction of sp³-hybridized carbons (Fsp3) is 0.500. The summed E-state index contributed by atoms with van der Waals surface area (Å²) in [4.78, 5) is 12.5. The van der Waals surface area contributed by atoms with Gasteiger partial charge in [0.25, 0.3) is 0 Å². The maximum atomic E-state index is 5.23. The van der Waals surface area contributed by atoms with Crippen molar-refractivity contribution in [3.8, 4) is 0 Å². The van der Waals surface area contributed by atoms with Crippen LogP contribution in [0.2, 0.25) is 0 Å². The Bertz CT molecular complexity index is 354. The largest absolute Gasteiger partial charge is 0.370 e. The number of hydrogen-bond acceptors (Lipinski definition) is 3. The molecular formula is C10H16IN5. The molecular weight excluding hydrogens is 317 g/mol. The van der Waals surface area contributed by atoms with Crippen LogP contribution in [0.4, 0.5) is 0 Å². The number of nitrogens with two attached hydrogens (primary N) is 2. The van der Waals surface area contributed by atoms with Crippen molar-refractivity contribution in [1.82, 2.24) is 9.97 Å². The number of halogens is 1. The smallest absolute Gasteiger partial charge is 0.185 e. The first-order chi connectivity index (χ1) is 7.25. The van der Waals surface area contributed by atoms with Crippen LogP contribution in [0.25, 0.3) is 0 Å². The molecule has 0 radical (unpaired) electrons. The highest BCUT2D eigenvalue weighted by atomic mass is 127. The molecule has 0 atom stereocenters. The number of rotatable bonds is 4. The van der Waals surface area contributed by atoms with Gasteiger partial charge in [0.15, 0.2) is 5.96 Å². The molecule has 0 amide bonds. The Balaban J connectivity index is 0.00000128. The highest BCUT2D eigenvalue weighted by Crippen LogP contribution is 2.37. The predicted molar refractivity (Wildman–Crippen MR) is 73.8 cm³/mol. The molecule has 1 saturated carbocycles. The van der Waals surface area contributed by atoms with E-state index in [0.717, 1.165) is 17.8 Å². The van der Waals surface area contributed by atoms with Crippen LogP contribution in [0.3, 0.4) is 0 Å². The Morgan fingerprint density at radius 3 is 2.44 bits per heavy atom. The van der Waals surface area contributed by atoms with Gasteiger partial charge >= 0.3 is 0 Å². The summed E-state index contributed by atoms with van der Waals surface area (Å²) in [7, 11) is 0. The van der Waals surface area contributed by atoms with Crippen LogP contribution in [-0.4, -0.2) is 22.5 Å². The molecule has 1 aromatic rings. The van der Waals surface area contributed by atoms with E-state index in [1.54, 1.807) is 0 Å². The number of aromatic nitrogens is 2. The van der Waals surface area contributed by atoms with E-state index in [0.29, 0.717) is 12.5 Å². The average Bonchev–Trinajstić information content (AvgIpc) is 3.02. The van der Waals surface area contributed by atoms with Gasteiger partial charge in [-0.1, -0.05) is 0 Å². The molecule has 5 nitrogen and oxygen atoms in total. The summed E-state index contributed by atoms with van der Waals surface area (Å²) < 4.78 is 0. The van der Waals surface area contributed by atoms with Gasteiger partial charge in [-0.05, 0) is 24.8 Å². The third-order valence-electron chi connectivity index (χ3n) is 2.36. The van der Waals surface area contributed by atoms with E-state index >= 15 is 0 Å². The molecule has 1 aliphatic rings. The minimum Gasteiger partial charge on any atom is -0.370 e. The summed E-state index contributed by atoms with van der Waals surface area (Å²) in [6, 6.07) is 0. The summed E-state index contributed by atoms with van der Waals surface area (Å²) in [5.74, 6) is 1.71. The third-order valence-corrected chi connectivity index (χ3v) is 2.36. The molecule has 1 heterocycles. The summed E-state index contributed by atoms with van der Waals surface area (Å²) in [5.41, 5.74) is 11.5. The molecule has 0 aliphatic heterocycles. The van der Waals surface area contributed by atoms with Crippen molar-refractivity contribution in [3.63, 3.8) is 0 Å². The van der Waals surface area contributed by atoms with Crippen LogP contribution in [0.15, 0.2) is 17.4 Å². The molecule has 0 spiro atoms. The lowest BCUT2D eigenvalue weighted by Crippen LogP contribution is -2.23. The summed E-state index contributed by atoms with van der Waals surface area (Å²) in [5, 5.41) is 0. The third kappa shape index (κ3) is 3.92. The fourth-order valence-electron chi connectivity index (χ4n) is 1.36. The lowest BCUT2D eigenvalue weighted by molar-refractivity contribution is 0.880. The Morgan fingerprint density at radius 2 is 1.94 bits per heavy atom. The standard InChI is InChI=1S/C10H15N5.HI/c11-10(12)13-4-3-7-5-14-9(15-6-7)8-1-2-8;/h5-6,8H,1-4H2,(H4,11,12,13);1H. The van der Waals surface area contributed by atoms with Gasteiger partial charge in [0.05, 0.1) is 0 Å². The van der Waals surface area contributed by atoms with Crippen LogP contribution in [0.1, 0.15) is 30.1 Å². The second-order valence-corrected chi connectivity index (χ2v) is 3.78. The normalized spacial score (nSPS) is 14.0. The second kappa shape index (κ2) is 5.97. The first-order valence-electron chi connectivity index (χ1n) is 5.12.